The highest BCUT2D eigenvalue weighted by Crippen LogP contribution is 2.23. The summed E-state index contributed by atoms with van der Waals surface area (Å²) in [5.41, 5.74) is 1.05. The van der Waals surface area contributed by atoms with Gasteiger partial charge in [-0.3, -0.25) is 9.69 Å². The van der Waals surface area contributed by atoms with Gasteiger partial charge in [0.15, 0.2) is 0 Å². The number of rotatable bonds is 8. The molecule has 0 spiro atoms. The van der Waals surface area contributed by atoms with Gasteiger partial charge in [-0.05, 0) is 43.5 Å². The van der Waals surface area contributed by atoms with E-state index in [1.807, 2.05) is 12.1 Å². The Morgan fingerprint density at radius 2 is 1.62 bits per heavy atom. The molecule has 0 aromatic heterocycles. The molecule has 0 radical (unpaired) electrons. The van der Waals surface area contributed by atoms with E-state index in [1.165, 1.54) is 4.90 Å². The molecule has 1 N–H and O–H groups in total. The number of amides is 1. The monoisotopic (exact) mass is 323 g/mol. The normalized spacial score (nSPS) is 11.5. The van der Waals surface area contributed by atoms with Gasteiger partial charge in [0.25, 0.3) is 5.91 Å². The van der Waals surface area contributed by atoms with Crippen LogP contribution in [0.3, 0.4) is 0 Å². The first-order valence-corrected chi connectivity index (χ1v) is 7.92. The fraction of sp³-hybridized carbons (Fsp3) is 0.200. The molecular weight excluding hydrogens is 302 g/mol. The van der Waals surface area contributed by atoms with Crippen LogP contribution in [0.2, 0.25) is 0 Å². The topological polar surface area (TPSA) is 57.6 Å². The number of carboxylic acid groups (broad SMARTS) is 1. The molecule has 2 rings (SSSR count). The van der Waals surface area contributed by atoms with Crippen molar-refractivity contribution >= 4 is 17.6 Å². The molecule has 0 bridgehead atoms. The average molecular weight is 323 g/mol. The predicted octanol–water partition coefficient (Wildman–Crippen LogP) is 4.14. The Balaban J connectivity index is 2.39. The number of unbranched alkanes of at least 4 members (excludes halogenated alkanes) is 1. The minimum Gasteiger partial charge on any atom is -0.480 e. The van der Waals surface area contributed by atoms with Gasteiger partial charge in [-0.15, -0.1) is 6.58 Å². The van der Waals surface area contributed by atoms with Gasteiger partial charge in [0.2, 0.25) is 0 Å². The van der Waals surface area contributed by atoms with Gasteiger partial charge in [-0.25, -0.2) is 4.79 Å². The summed E-state index contributed by atoms with van der Waals surface area (Å²) in [6.45, 7) is 3.66. The Hall–Kier alpha value is -2.88. The lowest BCUT2D eigenvalue weighted by atomic mass is 10.0. The predicted molar refractivity (Wildman–Crippen MR) is 95.2 cm³/mol. The molecule has 0 aliphatic rings. The second kappa shape index (κ2) is 8.67. The first kappa shape index (κ1) is 17.5. The molecule has 0 aliphatic heterocycles. The second-order valence-electron chi connectivity index (χ2n) is 5.45. The van der Waals surface area contributed by atoms with Crippen LogP contribution in [0.25, 0.3) is 0 Å². The number of anilines is 1. The number of carbonyl (C=O) groups excluding carboxylic acids is 1. The van der Waals surface area contributed by atoms with E-state index in [0.29, 0.717) is 30.5 Å². The van der Waals surface area contributed by atoms with Crippen molar-refractivity contribution in [1.82, 2.24) is 0 Å². The van der Waals surface area contributed by atoms with E-state index in [-0.39, 0.29) is 5.91 Å². The van der Waals surface area contributed by atoms with Crippen LogP contribution in [0.5, 0.6) is 0 Å². The standard InChI is InChI=1S/C20H21NO3/c1-2-3-6-15-18(20(23)24)21(17-13-9-5-10-14-17)19(22)16-11-7-4-8-12-16/h2,4-5,7-14,18H,1,3,6,15H2,(H,23,24). The maximum Gasteiger partial charge on any atom is 0.326 e. The Bertz CT molecular complexity index is 683. The number of para-hydroxylation sites is 1. The summed E-state index contributed by atoms with van der Waals surface area (Å²) in [7, 11) is 0. The van der Waals surface area contributed by atoms with E-state index in [0.717, 1.165) is 0 Å². The van der Waals surface area contributed by atoms with Crippen LogP contribution >= 0.6 is 0 Å². The lowest BCUT2D eigenvalue weighted by Crippen LogP contribution is -2.45. The maximum absolute atomic E-state index is 13.0. The van der Waals surface area contributed by atoms with Gasteiger partial charge in [-0.2, -0.15) is 0 Å². The molecule has 4 nitrogen and oxygen atoms in total. The molecule has 0 fully saturated rings. The van der Waals surface area contributed by atoms with Gasteiger partial charge >= 0.3 is 5.97 Å². The molecule has 0 saturated carbocycles. The number of allylic oxidation sites excluding steroid dienone is 1. The maximum atomic E-state index is 13.0. The van der Waals surface area contributed by atoms with E-state index in [9.17, 15) is 14.7 Å². The molecule has 0 saturated heterocycles. The average Bonchev–Trinajstić information content (AvgIpc) is 2.62. The lowest BCUT2D eigenvalue weighted by Gasteiger charge is -2.29. The van der Waals surface area contributed by atoms with Crippen LogP contribution in [-0.2, 0) is 4.79 Å². The third-order valence-electron chi connectivity index (χ3n) is 3.76. The number of nitrogens with zero attached hydrogens (tertiary/aromatic N) is 1. The van der Waals surface area contributed by atoms with Crippen LogP contribution in [0.15, 0.2) is 73.3 Å². The molecule has 2 aromatic carbocycles. The fourth-order valence-corrected chi connectivity index (χ4v) is 2.57. The highest BCUT2D eigenvalue weighted by atomic mass is 16.4. The van der Waals surface area contributed by atoms with Crippen LogP contribution in [-0.4, -0.2) is 23.0 Å². The molecule has 0 heterocycles. The zero-order chi connectivity index (χ0) is 17.4. The number of hydrogen-bond donors (Lipinski definition) is 1. The van der Waals surface area contributed by atoms with Crippen molar-refractivity contribution in [2.45, 2.75) is 25.3 Å². The molecule has 124 valence electrons. The summed E-state index contributed by atoms with van der Waals surface area (Å²) in [6, 6.07) is 16.8. The summed E-state index contributed by atoms with van der Waals surface area (Å²) in [4.78, 5) is 26.2. The molecule has 2 aromatic rings. The van der Waals surface area contributed by atoms with Crippen molar-refractivity contribution in [3.63, 3.8) is 0 Å². The Labute approximate surface area is 142 Å². The molecule has 1 amide bonds. The summed E-state index contributed by atoms with van der Waals surface area (Å²) >= 11 is 0. The number of hydrogen-bond acceptors (Lipinski definition) is 2. The number of benzene rings is 2. The van der Waals surface area contributed by atoms with Crippen LogP contribution in [0.1, 0.15) is 29.6 Å². The SMILES string of the molecule is C=CCCCC(C(=O)O)N(C(=O)c1ccccc1)c1ccccc1. The number of carbonyl (C=O) groups is 2. The van der Waals surface area contributed by atoms with E-state index in [1.54, 1.807) is 54.6 Å². The Kier molecular flexibility index (Phi) is 6.32. The van der Waals surface area contributed by atoms with E-state index in [4.69, 9.17) is 0 Å². The van der Waals surface area contributed by atoms with Crippen molar-refractivity contribution in [3.8, 4) is 0 Å². The van der Waals surface area contributed by atoms with Gasteiger partial charge in [-0.1, -0.05) is 42.5 Å². The van der Waals surface area contributed by atoms with Crippen molar-refractivity contribution < 1.29 is 14.7 Å². The molecule has 1 atom stereocenters. The Morgan fingerprint density at radius 1 is 1.04 bits per heavy atom. The van der Waals surface area contributed by atoms with Crippen LogP contribution in [0, 0.1) is 0 Å². The fourth-order valence-electron chi connectivity index (χ4n) is 2.57. The van der Waals surface area contributed by atoms with Crippen molar-refractivity contribution in [2.75, 3.05) is 4.90 Å². The van der Waals surface area contributed by atoms with Crippen LogP contribution in [0.4, 0.5) is 5.69 Å². The third-order valence-corrected chi connectivity index (χ3v) is 3.76. The third kappa shape index (κ3) is 4.32. The first-order chi connectivity index (χ1) is 11.6. The second-order valence-corrected chi connectivity index (χ2v) is 5.45. The van der Waals surface area contributed by atoms with Gasteiger partial charge in [0.05, 0.1) is 0 Å². The number of aliphatic carboxylic acids is 1. The largest absolute Gasteiger partial charge is 0.480 e. The van der Waals surface area contributed by atoms with E-state index < -0.39 is 12.0 Å². The zero-order valence-corrected chi connectivity index (χ0v) is 13.5. The number of carboxylic acids is 1. The molecule has 0 aliphatic carbocycles. The summed E-state index contributed by atoms with van der Waals surface area (Å²) < 4.78 is 0. The van der Waals surface area contributed by atoms with Gasteiger partial charge in [0, 0.05) is 11.3 Å². The molecule has 1 unspecified atom stereocenters. The Morgan fingerprint density at radius 3 is 2.17 bits per heavy atom. The van der Waals surface area contributed by atoms with Crippen molar-refractivity contribution in [1.29, 1.82) is 0 Å². The summed E-state index contributed by atoms with van der Waals surface area (Å²) in [6.07, 6.45) is 3.50. The molecular formula is C20H21NO3. The zero-order valence-electron chi connectivity index (χ0n) is 13.5. The first-order valence-electron chi connectivity index (χ1n) is 7.92. The van der Waals surface area contributed by atoms with Crippen molar-refractivity contribution in [3.05, 3.63) is 78.9 Å². The highest BCUT2D eigenvalue weighted by Gasteiger charge is 2.31. The molecule has 24 heavy (non-hydrogen) atoms. The minimum atomic E-state index is -1.01. The summed E-state index contributed by atoms with van der Waals surface area (Å²) in [5, 5.41) is 9.68. The quantitative estimate of drug-likeness (QED) is 0.586. The van der Waals surface area contributed by atoms with E-state index >= 15 is 0 Å². The minimum absolute atomic E-state index is 0.312. The highest BCUT2D eigenvalue weighted by molar-refractivity contribution is 6.09. The van der Waals surface area contributed by atoms with Gasteiger partial charge in [0.1, 0.15) is 6.04 Å². The lowest BCUT2D eigenvalue weighted by molar-refractivity contribution is -0.138. The van der Waals surface area contributed by atoms with Crippen molar-refractivity contribution in [2.24, 2.45) is 0 Å². The van der Waals surface area contributed by atoms with Gasteiger partial charge < -0.3 is 5.11 Å². The van der Waals surface area contributed by atoms with Crippen LogP contribution < -0.4 is 4.90 Å². The van der Waals surface area contributed by atoms with E-state index in [2.05, 4.69) is 6.58 Å². The summed E-state index contributed by atoms with van der Waals surface area (Å²) in [5.74, 6) is -1.32. The molecule has 4 heteroatoms. The smallest absolute Gasteiger partial charge is 0.326 e.